The fourth-order valence-corrected chi connectivity index (χ4v) is 2.51. The highest BCUT2D eigenvalue weighted by Gasteiger charge is 2.13. The second-order valence-electron chi connectivity index (χ2n) is 2.84. The maximum Gasteiger partial charge on any atom is 0.116 e. The van der Waals surface area contributed by atoms with E-state index in [9.17, 15) is 9.50 Å². The number of aliphatic hydroxyl groups is 1. The van der Waals surface area contributed by atoms with Gasteiger partial charge >= 0.3 is 0 Å². The summed E-state index contributed by atoms with van der Waals surface area (Å²) < 4.78 is 13.5. The van der Waals surface area contributed by atoms with Crippen LogP contribution in [-0.4, -0.2) is 5.11 Å². The van der Waals surface area contributed by atoms with E-state index in [-0.39, 0.29) is 0 Å². The van der Waals surface area contributed by atoms with E-state index >= 15 is 0 Å². The largest absolute Gasteiger partial charge is 0.383 e. The van der Waals surface area contributed by atoms with Crippen molar-refractivity contribution in [3.63, 3.8) is 0 Å². The molecule has 0 aliphatic rings. The van der Waals surface area contributed by atoms with E-state index in [1.165, 1.54) is 23.5 Å². The van der Waals surface area contributed by atoms with Crippen molar-refractivity contribution in [2.75, 3.05) is 0 Å². The summed E-state index contributed by atoms with van der Waals surface area (Å²) in [6.45, 7) is 6.64. The molecule has 0 aliphatic carbocycles. The van der Waals surface area contributed by atoms with Crippen LogP contribution in [-0.2, 0) is 0 Å². The van der Waals surface area contributed by atoms with Crippen LogP contribution >= 0.6 is 27.3 Å². The molecule has 80 valence electrons. The van der Waals surface area contributed by atoms with Crippen molar-refractivity contribution in [2.45, 2.75) is 6.10 Å². The highest BCUT2D eigenvalue weighted by Crippen LogP contribution is 2.31. The fourth-order valence-electron chi connectivity index (χ4n) is 1.07. The molecule has 1 heterocycles. The first kappa shape index (κ1) is 12.4. The molecule has 0 bridgehead atoms. The molecule has 0 amide bonds. The summed E-state index contributed by atoms with van der Waals surface area (Å²) in [6.07, 6.45) is 1.74. The Morgan fingerprint density at radius 3 is 2.67 bits per heavy atom. The monoisotopic (exact) mass is 288 g/mol. The second-order valence-corrected chi connectivity index (χ2v) is 5.33. The average Bonchev–Trinajstić information content (AvgIpc) is 2.60. The van der Waals surface area contributed by atoms with Gasteiger partial charge in [0.25, 0.3) is 0 Å². The summed E-state index contributed by atoms with van der Waals surface area (Å²) in [5.74, 6) is -0.598. The third-order valence-corrected chi connectivity index (χ3v) is 3.41. The van der Waals surface area contributed by atoms with Gasteiger partial charge in [-0.2, -0.15) is 0 Å². The topological polar surface area (TPSA) is 20.2 Å². The van der Waals surface area contributed by atoms with Gasteiger partial charge in [-0.25, -0.2) is 4.39 Å². The number of hydrogen-bond donors (Lipinski definition) is 1. The van der Waals surface area contributed by atoms with Gasteiger partial charge in [-0.05, 0) is 39.7 Å². The van der Waals surface area contributed by atoms with Crippen LogP contribution in [0.2, 0.25) is 0 Å². The van der Waals surface area contributed by atoms with Crippen molar-refractivity contribution in [3.8, 4) is 0 Å². The van der Waals surface area contributed by atoms with Gasteiger partial charge in [0.15, 0.2) is 0 Å². The number of thiophene rings is 1. The third-order valence-electron chi connectivity index (χ3n) is 1.74. The Labute approximate surface area is 100 Å². The lowest BCUT2D eigenvalue weighted by molar-refractivity contribution is 0.223. The minimum atomic E-state index is -0.855. The van der Waals surface area contributed by atoms with Crippen LogP contribution < -0.4 is 0 Å². The van der Waals surface area contributed by atoms with Crippen LogP contribution in [0, 0.1) is 0 Å². The van der Waals surface area contributed by atoms with E-state index in [1.807, 2.05) is 6.07 Å². The fraction of sp³-hybridized carbons (Fsp3) is 0.0909. The number of hydrogen-bond acceptors (Lipinski definition) is 2. The Hall–Kier alpha value is -0.710. The lowest BCUT2D eigenvalue weighted by atomic mass is 10.1. The molecule has 1 aromatic rings. The average molecular weight is 289 g/mol. The molecule has 0 aliphatic heterocycles. The summed E-state index contributed by atoms with van der Waals surface area (Å²) in [4.78, 5) is 0.731. The van der Waals surface area contributed by atoms with E-state index in [4.69, 9.17) is 0 Å². The van der Waals surface area contributed by atoms with Crippen molar-refractivity contribution in [3.05, 3.63) is 57.5 Å². The van der Waals surface area contributed by atoms with Crippen LogP contribution in [0.1, 0.15) is 11.0 Å². The van der Waals surface area contributed by atoms with E-state index < -0.39 is 11.9 Å². The molecule has 0 saturated heterocycles. The summed E-state index contributed by atoms with van der Waals surface area (Å²) in [5, 5.41) is 9.88. The molecule has 1 unspecified atom stereocenters. The van der Waals surface area contributed by atoms with Crippen molar-refractivity contribution in [2.24, 2.45) is 0 Å². The number of halogens is 2. The first-order chi connectivity index (χ1) is 7.04. The zero-order valence-corrected chi connectivity index (χ0v) is 10.3. The summed E-state index contributed by atoms with van der Waals surface area (Å²) in [7, 11) is 0. The van der Waals surface area contributed by atoms with Gasteiger partial charge in [-0.1, -0.05) is 19.2 Å². The van der Waals surface area contributed by atoms with Gasteiger partial charge < -0.3 is 5.11 Å². The summed E-state index contributed by atoms with van der Waals surface area (Å²) in [5.41, 5.74) is 0.400. The quantitative estimate of drug-likeness (QED) is 0.826. The van der Waals surface area contributed by atoms with E-state index in [1.54, 1.807) is 6.07 Å². The molecule has 0 radical (unpaired) electrons. The van der Waals surface area contributed by atoms with Crippen LogP contribution in [0.15, 0.2) is 52.6 Å². The molecule has 0 fully saturated rings. The second kappa shape index (κ2) is 5.39. The van der Waals surface area contributed by atoms with Gasteiger partial charge in [-0.3, -0.25) is 0 Å². The summed E-state index contributed by atoms with van der Waals surface area (Å²) >= 11 is 4.69. The predicted molar refractivity (Wildman–Crippen MR) is 65.5 cm³/mol. The lowest BCUT2D eigenvalue weighted by Crippen LogP contribution is -1.96. The molecule has 0 saturated carbocycles. The van der Waals surface area contributed by atoms with Gasteiger partial charge in [0, 0.05) is 4.88 Å². The Kier molecular flexibility index (Phi) is 4.45. The van der Waals surface area contributed by atoms with Crippen LogP contribution in [0.25, 0.3) is 0 Å². The molecular formula is C11H10BrFOS. The van der Waals surface area contributed by atoms with Crippen molar-refractivity contribution in [1.29, 1.82) is 0 Å². The highest BCUT2D eigenvalue weighted by atomic mass is 79.9. The first-order valence-corrected chi connectivity index (χ1v) is 5.77. The highest BCUT2D eigenvalue weighted by molar-refractivity contribution is 9.11. The Morgan fingerprint density at radius 1 is 1.60 bits per heavy atom. The van der Waals surface area contributed by atoms with Gasteiger partial charge in [0.05, 0.1) is 3.79 Å². The maximum atomic E-state index is 12.6. The van der Waals surface area contributed by atoms with E-state index in [2.05, 4.69) is 29.1 Å². The molecule has 1 aromatic heterocycles. The Balaban J connectivity index is 2.96. The predicted octanol–water partition coefficient (Wildman–Crippen LogP) is 4.14. The molecule has 0 aromatic carbocycles. The van der Waals surface area contributed by atoms with Crippen molar-refractivity contribution in [1.82, 2.24) is 0 Å². The molecule has 1 nitrogen and oxygen atoms in total. The molecule has 4 heteroatoms. The third kappa shape index (κ3) is 3.41. The van der Waals surface area contributed by atoms with E-state index in [0.29, 0.717) is 5.57 Å². The van der Waals surface area contributed by atoms with Gasteiger partial charge in [0.2, 0.25) is 0 Å². The summed E-state index contributed by atoms with van der Waals surface area (Å²) in [6, 6.07) is 3.60. The Morgan fingerprint density at radius 2 is 2.27 bits per heavy atom. The SMILES string of the molecule is C=C/C(=C\C(=C)F)C(O)c1ccc(Br)s1. The van der Waals surface area contributed by atoms with Crippen LogP contribution in [0.3, 0.4) is 0 Å². The molecule has 15 heavy (non-hydrogen) atoms. The number of rotatable bonds is 4. The van der Waals surface area contributed by atoms with Crippen LogP contribution in [0.4, 0.5) is 4.39 Å². The van der Waals surface area contributed by atoms with E-state index in [0.717, 1.165) is 8.66 Å². The standard InChI is InChI=1S/C11H10BrFOS/c1-3-8(6-7(2)13)11(14)9-4-5-10(12)15-9/h3-6,11,14H,1-2H2/b8-6+. The lowest BCUT2D eigenvalue weighted by Gasteiger charge is -2.08. The number of aliphatic hydroxyl groups excluding tert-OH is 1. The van der Waals surface area contributed by atoms with Crippen LogP contribution in [0.5, 0.6) is 0 Å². The molecule has 0 spiro atoms. The zero-order chi connectivity index (χ0) is 11.4. The zero-order valence-electron chi connectivity index (χ0n) is 7.91. The first-order valence-electron chi connectivity index (χ1n) is 4.16. The minimum absolute atomic E-state index is 0.400. The van der Waals surface area contributed by atoms with Gasteiger partial charge in [0.1, 0.15) is 11.9 Å². The molecular weight excluding hydrogens is 279 g/mol. The number of allylic oxidation sites excluding steroid dienone is 2. The Bertz CT molecular complexity index is 408. The molecule has 1 rings (SSSR count). The molecule has 1 N–H and O–H groups in total. The van der Waals surface area contributed by atoms with Crippen molar-refractivity contribution < 1.29 is 9.50 Å². The smallest absolute Gasteiger partial charge is 0.116 e. The minimum Gasteiger partial charge on any atom is -0.383 e. The molecule has 1 atom stereocenters. The van der Waals surface area contributed by atoms with Gasteiger partial charge in [-0.15, -0.1) is 11.3 Å². The maximum absolute atomic E-state index is 12.6. The van der Waals surface area contributed by atoms with Crippen molar-refractivity contribution >= 4 is 27.3 Å². The normalized spacial score (nSPS) is 13.7.